The van der Waals surface area contributed by atoms with E-state index < -0.39 is 0 Å². The molecule has 1 atom stereocenters. The molecular formula is C16H33N3. The van der Waals surface area contributed by atoms with Gasteiger partial charge in [-0.3, -0.25) is 0 Å². The Bertz CT molecular complexity index is 232. The average molecular weight is 267 g/mol. The number of hydrogen-bond acceptors (Lipinski definition) is 3. The first-order valence-corrected chi connectivity index (χ1v) is 8.46. The van der Waals surface area contributed by atoms with Crippen molar-refractivity contribution in [2.75, 3.05) is 45.8 Å². The van der Waals surface area contributed by atoms with Crippen molar-refractivity contribution in [1.82, 2.24) is 9.80 Å². The molecule has 0 aromatic heterocycles. The maximum absolute atomic E-state index is 5.66. The van der Waals surface area contributed by atoms with Crippen LogP contribution in [0.1, 0.15) is 45.4 Å². The van der Waals surface area contributed by atoms with Gasteiger partial charge in [0, 0.05) is 32.7 Å². The Morgan fingerprint density at radius 3 is 2.32 bits per heavy atom. The first-order chi connectivity index (χ1) is 9.31. The van der Waals surface area contributed by atoms with E-state index in [1.165, 1.54) is 77.8 Å². The molecule has 3 nitrogen and oxygen atoms in total. The Morgan fingerprint density at radius 2 is 1.74 bits per heavy atom. The topological polar surface area (TPSA) is 32.5 Å². The molecule has 0 radical (unpaired) electrons. The lowest BCUT2D eigenvalue weighted by atomic mass is 9.96. The summed E-state index contributed by atoms with van der Waals surface area (Å²) >= 11 is 0. The third-order valence-corrected chi connectivity index (χ3v) is 4.92. The summed E-state index contributed by atoms with van der Waals surface area (Å²) in [5, 5.41) is 0. The molecule has 0 bridgehead atoms. The second-order valence-electron chi connectivity index (χ2n) is 6.58. The minimum absolute atomic E-state index is 0.859. The Morgan fingerprint density at radius 1 is 1.05 bits per heavy atom. The lowest BCUT2D eigenvalue weighted by Gasteiger charge is -2.35. The minimum Gasteiger partial charge on any atom is -0.330 e. The normalized spacial score (nSPS) is 23.7. The molecule has 2 fully saturated rings. The van der Waals surface area contributed by atoms with Crippen molar-refractivity contribution in [2.45, 2.75) is 45.4 Å². The van der Waals surface area contributed by atoms with E-state index >= 15 is 0 Å². The summed E-state index contributed by atoms with van der Waals surface area (Å²) in [6.07, 6.45) is 8.22. The highest BCUT2D eigenvalue weighted by atomic mass is 15.3. The van der Waals surface area contributed by atoms with Crippen molar-refractivity contribution in [3.63, 3.8) is 0 Å². The predicted molar refractivity (Wildman–Crippen MR) is 82.3 cm³/mol. The molecule has 0 aromatic carbocycles. The maximum atomic E-state index is 5.66. The summed E-state index contributed by atoms with van der Waals surface area (Å²) in [6, 6.07) is 0. The molecule has 112 valence electrons. The van der Waals surface area contributed by atoms with Gasteiger partial charge in [0.2, 0.25) is 0 Å². The van der Waals surface area contributed by atoms with Crippen LogP contribution in [0.25, 0.3) is 0 Å². The fraction of sp³-hybridized carbons (Fsp3) is 1.00. The van der Waals surface area contributed by atoms with Crippen LogP contribution in [-0.4, -0.2) is 55.6 Å². The van der Waals surface area contributed by atoms with Crippen LogP contribution in [0.5, 0.6) is 0 Å². The van der Waals surface area contributed by atoms with Gasteiger partial charge in [-0.1, -0.05) is 13.3 Å². The molecule has 2 N–H and O–H groups in total. The van der Waals surface area contributed by atoms with Crippen molar-refractivity contribution < 1.29 is 0 Å². The SMILES string of the molecule is CCC(CCN)CCCN1CCN(CC2CC2)CC1. The lowest BCUT2D eigenvalue weighted by molar-refractivity contribution is 0.125. The second kappa shape index (κ2) is 8.23. The van der Waals surface area contributed by atoms with E-state index in [4.69, 9.17) is 5.73 Å². The zero-order valence-corrected chi connectivity index (χ0v) is 12.8. The van der Waals surface area contributed by atoms with Crippen LogP contribution in [0, 0.1) is 11.8 Å². The van der Waals surface area contributed by atoms with E-state index in [1.54, 1.807) is 0 Å². The van der Waals surface area contributed by atoms with E-state index in [-0.39, 0.29) is 0 Å². The molecule has 3 heteroatoms. The highest BCUT2D eigenvalue weighted by Crippen LogP contribution is 2.29. The fourth-order valence-corrected chi connectivity index (χ4v) is 3.25. The molecule has 0 spiro atoms. The summed E-state index contributed by atoms with van der Waals surface area (Å²) in [7, 11) is 0. The second-order valence-corrected chi connectivity index (χ2v) is 6.58. The fourth-order valence-electron chi connectivity index (χ4n) is 3.25. The van der Waals surface area contributed by atoms with Gasteiger partial charge in [-0.05, 0) is 57.0 Å². The number of nitrogens with two attached hydrogens (primary N) is 1. The van der Waals surface area contributed by atoms with Gasteiger partial charge in [0.15, 0.2) is 0 Å². The van der Waals surface area contributed by atoms with E-state index in [0.29, 0.717) is 0 Å². The van der Waals surface area contributed by atoms with E-state index in [2.05, 4.69) is 16.7 Å². The Kier molecular flexibility index (Phi) is 6.62. The molecule has 1 aliphatic carbocycles. The Balaban J connectivity index is 1.52. The van der Waals surface area contributed by atoms with Gasteiger partial charge < -0.3 is 15.5 Å². The van der Waals surface area contributed by atoms with Gasteiger partial charge in [0.25, 0.3) is 0 Å². The molecule has 1 heterocycles. The van der Waals surface area contributed by atoms with Crippen molar-refractivity contribution in [3.05, 3.63) is 0 Å². The molecule has 1 saturated heterocycles. The molecule has 1 saturated carbocycles. The van der Waals surface area contributed by atoms with Gasteiger partial charge in [-0.2, -0.15) is 0 Å². The molecule has 1 unspecified atom stereocenters. The van der Waals surface area contributed by atoms with Crippen LogP contribution < -0.4 is 5.73 Å². The van der Waals surface area contributed by atoms with Crippen LogP contribution in [0.3, 0.4) is 0 Å². The smallest absolute Gasteiger partial charge is 0.0110 e. The molecule has 0 amide bonds. The molecule has 1 aliphatic heterocycles. The molecule has 2 rings (SSSR count). The molecule has 0 aromatic rings. The van der Waals surface area contributed by atoms with Crippen LogP contribution in [0.2, 0.25) is 0 Å². The van der Waals surface area contributed by atoms with Gasteiger partial charge in [0.1, 0.15) is 0 Å². The number of hydrogen-bond donors (Lipinski definition) is 1. The standard InChI is InChI=1S/C16H33N3/c1-2-15(7-8-17)4-3-9-18-10-12-19(13-11-18)14-16-5-6-16/h15-16H,2-14,17H2,1H3. The first-order valence-electron chi connectivity index (χ1n) is 8.46. The number of rotatable bonds is 9. The quantitative estimate of drug-likeness (QED) is 0.695. The van der Waals surface area contributed by atoms with Crippen molar-refractivity contribution >= 4 is 0 Å². The van der Waals surface area contributed by atoms with Crippen LogP contribution in [0.15, 0.2) is 0 Å². The Labute approximate surface area is 119 Å². The van der Waals surface area contributed by atoms with Crippen LogP contribution >= 0.6 is 0 Å². The predicted octanol–water partition coefficient (Wildman–Crippen LogP) is 2.17. The van der Waals surface area contributed by atoms with E-state index in [9.17, 15) is 0 Å². The highest BCUT2D eigenvalue weighted by Gasteiger charge is 2.26. The van der Waals surface area contributed by atoms with E-state index in [1.807, 2.05) is 0 Å². The average Bonchev–Trinajstić information content (AvgIpc) is 3.24. The maximum Gasteiger partial charge on any atom is 0.0110 e. The third kappa shape index (κ3) is 5.80. The first kappa shape index (κ1) is 15.3. The zero-order valence-electron chi connectivity index (χ0n) is 12.8. The zero-order chi connectivity index (χ0) is 13.5. The highest BCUT2D eigenvalue weighted by molar-refractivity contribution is 4.80. The summed E-state index contributed by atoms with van der Waals surface area (Å²) in [6.45, 7) is 11.0. The summed E-state index contributed by atoms with van der Waals surface area (Å²) < 4.78 is 0. The molecule has 2 aliphatic rings. The van der Waals surface area contributed by atoms with Crippen LogP contribution in [0.4, 0.5) is 0 Å². The van der Waals surface area contributed by atoms with E-state index in [0.717, 1.165) is 18.4 Å². The number of piperazine rings is 1. The van der Waals surface area contributed by atoms with Gasteiger partial charge in [-0.25, -0.2) is 0 Å². The summed E-state index contributed by atoms with van der Waals surface area (Å²) in [4.78, 5) is 5.34. The summed E-state index contributed by atoms with van der Waals surface area (Å²) in [5.74, 6) is 1.91. The largest absolute Gasteiger partial charge is 0.330 e. The monoisotopic (exact) mass is 267 g/mol. The number of nitrogens with zero attached hydrogens (tertiary/aromatic N) is 2. The van der Waals surface area contributed by atoms with Gasteiger partial charge in [0.05, 0.1) is 0 Å². The van der Waals surface area contributed by atoms with Crippen molar-refractivity contribution in [1.29, 1.82) is 0 Å². The summed E-state index contributed by atoms with van der Waals surface area (Å²) in [5.41, 5.74) is 5.66. The van der Waals surface area contributed by atoms with Crippen molar-refractivity contribution in [2.24, 2.45) is 17.6 Å². The molecule has 19 heavy (non-hydrogen) atoms. The minimum atomic E-state index is 0.859. The molecular weight excluding hydrogens is 234 g/mol. The third-order valence-electron chi connectivity index (χ3n) is 4.92. The van der Waals surface area contributed by atoms with Gasteiger partial charge in [-0.15, -0.1) is 0 Å². The Hall–Kier alpha value is -0.120. The lowest BCUT2D eigenvalue weighted by Crippen LogP contribution is -2.47. The van der Waals surface area contributed by atoms with Crippen LogP contribution in [-0.2, 0) is 0 Å². The van der Waals surface area contributed by atoms with Gasteiger partial charge >= 0.3 is 0 Å². The van der Waals surface area contributed by atoms with Crippen molar-refractivity contribution in [3.8, 4) is 0 Å².